The van der Waals surface area contributed by atoms with Crippen LogP contribution in [0.2, 0.25) is 4.47 Å². The van der Waals surface area contributed by atoms with Crippen molar-refractivity contribution in [2.45, 2.75) is 13.1 Å². The van der Waals surface area contributed by atoms with Gasteiger partial charge in [0, 0.05) is 4.88 Å². The summed E-state index contributed by atoms with van der Waals surface area (Å²) >= 11 is 7.94. The van der Waals surface area contributed by atoms with E-state index in [2.05, 4.69) is 10.4 Å². The fourth-order valence-electron chi connectivity index (χ4n) is 1.17. The van der Waals surface area contributed by atoms with Crippen LogP contribution in [0.1, 0.15) is 4.88 Å². The molecule has 1 amide bonds. The Labute approximate surface area is 110 Å². The van der Waals surface area contributed by atoms with E-state index in [9.17, 15) is 9.59 Å². The maximum atomic E-state index is 11.5. The van der Waals surface area contributed by atoms with Gasteiger partial charge in [-0.25, -0.2) is 4.68 Å². The van der Waals surface area contributed by atoms with Gasteiger partial charge in [0.1, 0.15) is 6.54 Å². The van der Waals surface area contributed by atoms with Gasteiger partial charge in [0.25, 0.3) is 0 Å². The summed E-state index contributed by atoms with van der Waals surface area (Å²) in [5.41, 5.74) is 0. The topological polar surface area (TPSA) is 64.0 Å². The second-order valence-corrected chi connectivity index (χ2v) is 5.69. The molecule has 5 nitrogen and oxygen atoms in total. The first-order valence-electron chi connectivity index (χ1n) is 4.67. The Morgan fingerprint density at radius 1 is 1.59 bits per heavy atom. The van der Waals surface area contributed by atoms with Crippen LogP contribution in [-0.4, -0.2) is 15.7 Å². The Bertz CT molecular complexity index is 561. The summed E-state index contributed by atoms with van der Waals surface area (Å²) in [6, 6.07) is 3.84. The summed E-state index contributed by atoms with van der Waals surface area (Å²) < 4.78 is 1.19. The molecule has 2 rings (SSSR count). The van der Waals surface area contributed by atoms with Crippen molar-refractivity contribution in [1.82, 2.24) is 15.1 Å². The molecular weight excluding hydrogens is 282 g/mol. The average molecular weight is 290 g/mol. The summed E-state index contributed by atoms with van der Waals surface area (Å²) in [5.74, 6) is -0.262. The highest BCUT2D eigenvalue weighted by Gasteiger charge is 2.08. The predicted molar refractivity (Wildman–Crippen MR) is 67.5 cm³/mol. The Balaban J connectivity index is 1.89. The summed E-state index contributed by atoms with van der Waals surface area (Å²) in [4.78, 5) is 23.5. The number of hydrogen-bond donors (Lipinski definition) is 1. The maximum Gasteiger partial charge on any atom is 0.326 e. The highest BCUT2D eigenvalue weighted by Crippen LogP contribution is 2.07. The van der Waals surface area contributed by atoms with Gasteiger partial charge in [0.15, 0.2) is 0 Å². The quantitative estimate of drug-likeness (QED) is 0.924. The zero-order valence-electron chi connectivity index (χ0n) is 8.55. The minimum atomic E-state index is -0.332. The third kappa shape index (κ3) is 3.39. The second-order valence-electron chi connectivity index (χ2n) is 3.13. The molecule has 0 saturated carbocycles. The zero-order chi connectivity index (χ0) is 12.3. The zero-order valence-corrected chi connectivity index (χ0v) is 10.9. The number of amides is 1. The Morgan fingerprint density at radius 3 is 3.00 bits per heavy atom. The molecule has 0 aliphatic carbocycles. The van der Waals surface area contributed by atoms with Crippen LogP contribution in [0.3, 0.4) is 0 Å². The number of nitrogens with one attached hydrogen (secondary N) is 1. The first-order valence-corrected chi connectivity index (χ1v) is 6.75. The normalized spacial score (nSPS) is 10.4. The van der Waals surface area contributed by atoms with Crippen LogP contribution in [0.5, 0.6) is 0 Å². The molecule has 17 heavy (non-hydrogen) atoms. The van der Waals surface area contributed by atoms with Gasteiger partial charge in [-0.2, -0.15) is 0 Å². The average Bonchev–Trinajstić information content (AvgIpc) is 2.87. The lowest BCUT2D eigenvalue weighted by atomic mass is 10.4. The van der Waals surface area contributed by atoms with Crippen molar-refractivity contribution < 1.29 is 4.79 Å². The number of rotatable bonds is 4. The van der Waals surface area contributed by atoms with Crippen molar-refractivity contribution in [1.29, 1.82) is 0 Å². The number of thiophene rings is 1. The predicted octanol–water partition coefficient (Wildman–Crippen LogP) is 1.34. The van der Waals surface area contributed by atoms with Crippen molar-refractivity contribution >= 4 is 40.2 Å². The molecule has 0 bridgehead atoms. The fraction of sp³-hybridized carbons (Fsp3) is 0.222. The van der Waals surface area contributed by atoms with Crippen LogP contribution in [-0.2, 0) is 17.9 Å². The standard InChI is InChI=1S/C9H8ClN3O2S2/c10-8-12-13(9(15)17-8)5-7(14)11-4-6-2-1-3-16-6/h1-3H,4-5H2,(H,11,14). The first-order chi connectivity index (χ1) is 8.15. The van der Waals surface area contributed by atoms with Gasteiger partial charge < -0.3 is 5.32 Å². The Morgan fingerprint density at radius 2 is 2.41 bits per heavy atom. The molecule has 0 aliphatic rings. The molecule has 90 valence electrons. The van der Waals surface area contributed by atoms with Crippen LogP contribution in [0.15, 0.2) is 22.3 Å². The van der Waals surface area contributed by atoms with Crippen molar-refractivity contribution in [2.75, 3.05) is 0 Å². The molecule has 2 aromatic heterocycles. The van der Waals surface area contributed by atoms with E-state index in [1.54, 1.807) is 11.3 Å². The Kier molecular flexibility index (Phi) is 3.93. The summed E-state index contributed by atoms with van der Waals surface area (Å²) in [6.45, 7) is 0.358. The third-order valence-corrected chi connectivity index (χ3v) is 3.73. The van der Waals surface area contributed by atoms with E-state index >= 15 is 0 Å². The highest BCUT2D eigenvalue weighted by molar-refractivity contribution is 7.13. The van der Waals surface area contributed by atoms with E-state index < -0.39 is 0 Å². The van der Waals surface area contributed by atoms with Crippen LogP contribution in [0.25, 0.3) is 0 Å². The lowest BCUT2D eigenvalue weighted by Gasteiger charge is -2.02. The minimum Gasteiger partial charge on any atom is -0.350 e. The monoisotopic (exact) mass is 289 g/mol. The summed E-state index contributed by atoms with van der Waals surface area (Å²) in [5, 5.41) is 8.37. The van der Waals surface area contributed by atoms with Gasteiger partial charge in [-0.3, -0.25) is 9.59 Å². The van der Waals surface area contributed by atoms with Crippen molar-refractivity contribution in [3.63, 3.8) is 0 Å². The van der Waals surface area contributed by atoms with Crippen molar-refractivity contribution in [2.24, 2.45) is 0 Å². The molecule has 0 fully saturated rings. The van der Waals surface area contributed by atoms with Gasteiger partial charge in [0.2, 0.25) is 10.4 Å². The molecule has 0 atom stereocenters. The molecule has 2 heterocycles. The number of carbonyl (C=O) groups excluding carboxylic acids is 1. The van der Waals surface area contributed by atoms with E-state index in [-0.39, 0.29) is 21.8 Å². The van der Waals surface area contributed by atoms with Crippen molar-refractivity contribution in [3.8, 4) is 0 Å². The number of nitrogens with zero attached hydrogens (tertiary/aromatic N) is 2. The second kappa shape index (κ2) is 5.44. The largest absolute Gasteiger partial charge is 0.350 e. The molecule has 0 unspecified atom stereocenters. The lowest BCUT2D eigenvalue weighted by molar-refractivity contribution is -0.122. The van der Waals surface area contributed by atoms with Crippen LogP contribution >= 0.6 is 34.3 Å². The lowest BCUT2D eigenvalue weighted by Crippen LogP contribution is -2.30. The van der Waals surface area contributed by atoms with E-state index in [4.69, 9.17) is 11.6 Å². The summed E-state index contributed by atoms with van der Waals surface area (Å²) in [7, 11) is 0. The number of carbonyl (C=O) groups is 1. The first kappa shape index (κ1) is 12.3. The number of hydrogen-bond acceptors (Lipinski definition) is 5. The fourth-order valence-corrected chi connectivity index (χ4v) is 2.60. The van der Waals surface area contributed by atoms with Crippen LogP contribution in [0, 0.1) is 0 Å². The number of aromatic nitrogens is 2. The minimum absolute atomic E-state index is 0.104. The van der Waals surface area contributed by atoms with E-state index in [1.165, 1.54) is 0 Å². The highest BCUT2D eigenvalue weighted by atomic mass is 35.5. The van der Waals surface area contributed by atoms with Crippen molar-refractivity contribution in [3.05, 3.63) is 36.5 Å². The van der Waals surface area contributed by atoms with E-state index in [0.717, 1.165) is 20.9 Å². The molecular formula is C9H8ClN3O2S2. The van der Waals surface area contributed by atoms with E-state index in [0.29, 0.717) is 6.54 Å². The third-order valence-electron chi connectivity index (χ3n) is 1.91. The molecule has 0 spiro atoms. The van der Waals surface area contributed by atoms with Gasteiger partial charge in [-0.05, 0) is 34.4 Å². The van der Waals surface area contributed by atoms with Crippen LogP contribution < -0.4 is 10.2 Å². The molecule has 2 aromatic rings. The van der Waals surface area contributed by atoms with E-state index in [1.807, 2.05) is 17.5 Å². The van der Waals surface area contributed by atoms with Crippen LogP contribution in [0.4, 0.5) is 0 Å². The molecule has 0 aromatic carbocycles. The SMILES string of the molecule is O=C(Cn1nc(Cl)sc1=O)NCc1cccs1. The molecule has 8 heteroatoms. The van der Waals surface area contributed by atoms with Gasteiger partial charge in [0.05, 0.1) is 6.54 Å². The van der Waals surface area contributed by atoms with Gasteiger partial charge >= 0.3 is 4.87 Å². The molecule has 1 N–H and O–H groups in total. The smallest absolute Gasteiger partial charge is 0.326 e. The van der Waals surface area contributed by atoms with Gasteiger partial charge in [-0.15, -0.1) is 16.4 Å². The maximum absolute atomic E-state index is 11.5. The van der Waals surface area contributed by atoms with Gasteiger partial charge in [-0.1, -0.05) is 6.07 Å². The number of halogens is 1. The molecule has 0 saturated heterocycles. The molecule has 0 radical (unpaired) electrons. The Hall–Kier alpha value is -1.18. The summed E-state index contributed by atoms with van der Waals surface area (Å²) in [6.07, 6.45) is 0. The molecule has 0 aliphatic heterocycles.